The predicted octanol–water partition coefficient (Wildman–Crippen LogP) is 5.70. The molecule has 0 saturated heterocycles. The summed E-state index contributed by atoms with van der Waals surface area (Å²) in [5, 5.41) is 10.8. The van der Waals surface area contributed by atoms with Gasteiger partial charge < -0.3 is 13.9 Å². The van der Waals surface area contributed by atoms with E-state index in [0.29, 0.717) is 40.2 Å². The van der Waals surface area contributed by atoms with Gasteiger partial charge in [-0.1, -0.05) is 25.1 Å². The van der Waals surface area contributed by atoms with Gasteiger partial charge in [0.25, 0.3) is 0 Å². The number of nitrogens with zero attached hydrogens (tertiary/aromatic N) is 3. The lowest BCUT2D eigenvalue weighted by Crippen LogP contribution is -2.05. The first kappa shape index (κ1) is 21.7. The number of hydrogen-bond acceptors (Lipinski definition) is 8. The molecular weight excluding hydrogens is 426 g/mol. The molecule has 0 fully saturated rings. The molecule has 0 aliphatic heterocycles. The van der Waals surface area contributed by atoms with Crippen LogP contribution in [0.3, 0.4) is 0 Å². The summed E-state index contributed by atoms with van der Waals surface area (Å²) in [6.07, 6.45) is 1.44. The summed E-state index contributed by atoms with van der Waals surface area (Å²) >= 11 is 7.72. The first-order valence-electron chi connectivity index (χ1n) is 8.82. The predicted molar refractivity (Wildman–Crippen MR) is 116 cm³/mol. The van der Waals surface area contributed by atoms with Crippen LogP contribution in [-0.4, -0.2) is 27.8 Å². The molecule has 4 aromatic rings. The third kappa shape index (κ3) is 4.29. The lowest BCUT2D eigenvalue weighted by atomic mass is 10.1. The minimum atomic E-state index is -0.418. The summed E-state index contributed by atoms with van der Waals surface area (Å²) in [4.78, 5) is 16.3. The average molecular weight is 446 g/mol. The minimum absolute atomic E-state index is 0. The van der Waals surface area contributed by atoms with Gasteiger partial charge in [-0.2, -0.15) is 0 Å². The number of ether oxygens (including phenoxy) is 2. The largest absolute Gasteiger partial charge is 0.489 e. The monoisotopic (exact) mass is 445 g/mol. The van der Waals surface area contributed by atoms with E-state index >= 15 is 0 Å². The van der Waals surface area contributed by atoms with E-state index in [1.165, 1.54) is 17.5 Å². The van der Waals surface area contributed by atoms with Crippen LogP contribution in [0.1, 0.15) is 36.2 Å². The number of aromatic nitrogens is 3. The second-order valence-corrected chi connectivity index (χ2v) is 7.33. The summed E-state index contributed by atoms with van der Waals surface area (Å²) in [7, 11) is 0. The highest BCUT2D eigenvalue weighted by Crippen LogP contribution is 2.34. The van der Waals surface area contributed by atoms with Crippen molar-refractivity contribution in [3.05, 3.63) is 58.0 Å². The molecule has 1 aromatic carbocycles. The molecule has 0 aliphatic carbocycles. The minimum Gasteiger partial charge on any atom is -0.489 e. The zero-order valence-corrected chi connectivity index (χ0v) is 17.2. The molecular formula is C21H20ClN3O4S. The van der Waals surface area contributed by atoms with Crippen LogP contribution in [0.15, 0.2) is 40.3 Å². The fourth-order valence-electron chi connectivity index (χ4n) is 2.82. The molecule has 0 amide bonds. The Bertz CT molecular complexity index is 1190. The molecule has 0 N–H and O–H groups in total. The average Bonchev–Trinajstić information content (AvgIpc) is 3.34. The standard InChI is InChI=1S/C20H16ClN3O4S.CH4/c1-3-26-20(25)15-8-22-18(21)16-13(10-29-17(15)16)9-27-14-6-4-5-12(7-14)19-24-23-11(2)28-19;/h4-8,10H,3,9H2,1-2H3;1H4. The number of rotatable bonds is 6. The molecule has 7 nitrogen and oxygen atoms in total. The van der Waals surface area contributed by atoms with E-state index in [0.717, 1.165) is 15.8 Å². The van der Waals surface area contributed by atoms with E-state index in [2.05, 4.69) is 15.2 Å². The summed E-state index contributed by atoms with van der Waals surface area (Å²) < 4.78 is 17.2. The maximum atomic E-state index is 12.2. The highest BCUT2D eigenvalue weighted by molar-refractivity contribution is 7.17. The summed E-state index contributed by atoms with van der Waals surface area (Å²) in [5.41, 5.74) is 2.01. The van der Waals surface area contributed by atoms with Crippen LogP contribution in [0, 0.1) is 6.92 Å². The molecule has 0 aliphatic rings. The zero-order chi connectivity index (χ0) is 20.4. The van der Waals surface area contributed by atoms with Crippen LogP contribution < -0.4 is 4.74 Å². The van der Waals surface area contributed by atoms with Gasteiger partial charge in [-0.05, 0) is 30.5 Å². The number of esters is 1. The van der Waals surface area contributed by atoms with Crippen molar-refractivity contribution in [2.45, 2.75) is 27.9 Å². The zero-order valence-electron chi connectivity index (χ0n) is 15.6. The number of benzene rings is 1. The van der Waals surface area contributed by atoms with Crippen LogP contribution in [0.25, 0.3) is 21.5 Å². The van der Waals surface area contributed by atoms with Gasteiger partial charge in [-0.15, -0.1) is 21.5 Å². The summed E-state index contributed by atoms with van der Waals surface area (Å²) in [6, 6.07) is 7.38. The van der Waals surface area contributed by atoms with Crippen LogP contribution in [0.2, 0.25) is 5.15 Å². The number of carbonyl (C=O) groups excluding carboxylic acids is 1. The smallest absolute Gasteiger partial charge is 0.341 e. The highest BCUT2D eigenvalue weighted by Gasteiger charge is 2.19. The highest BCUT2D eigenvalue weighted by atomic mass is 35.5. The van der Waals surface area contributed by atoms with Crippen LogP contribution >= 0.6 is 22.9 Å². The lowest BCUT2D eigenvalue weighted by molar-refractivity contribution is 0.0528. The van der Waals surface area contributed by atoms with Crippen LogP contribution in [-0.2, 0) is 11.3 Å². The van der Waals surface area contributed by atoms with Gasteiger partial charge in [-0.3, -0.25) is 0 Å². The maximum Gasteiger partial charge on any atom is 0.341 e. The van der Waals surface area contributed by atoms with Gasteiger partial charge in [0, 0.05) is 29.6 Å². The number of pyridine rings is 1. The second-order valence-electron chi connectivity index (χ2n) is 6.09. The molecule has 0 bridgehead atoms. The van der Waals surface area contributed by atoms with Crippen molar-refractivity contribution in [2.24, 2.45) is 0 Å². The Balaban J connectivity index is 0.00000256. The van der Waals surface area contributed by atoms with E-state index < -0.39 is 5.97 Å². The van der Waals surface area contributed by atoms with Gasteiger partial charge in [-0.25, -0.2) is 9.78 Å². The van der Waals surface area contributed by atoms with Gasteiger partial charge in [0.2, 0.25) is 11.8 Å². The Hall–Kier alpha value is -2.97. The van der Waals surface area contributed by atoms with Crippen molar-refractivity contribution in [3.63, 3.8) is 0 Å². The van der Waals surface area contributed by atoms with E-state index in [9.17, 15) is 4.79 Å². The molecule has 0 atom stereocenters. The van der Waals surface area contributed by atoms with Crippen molar-refractivity contribution in [1.29, 1.82) is 0 Å². The Morgan fingerprint density at radius 1 is 1.30 bits per heavy atom. The molecule has 0 saturated carbocycles. The summed E-state index contributed by atoms with van der Waals surface area (Å²) in [5.74, 6) is 1.15. The SMILES string of the molecule is C.CCOC(=O)c1cnc(Cl)c2c(COc3cccc(-c4nnc(C)o4)c3)csc12. The molecule has 9 heteroatoms. The van der Waals surface area contributed by atoms with E-state index in [-0.39, 0.29) is 14.0 Å². The number of halogens is 1. The fraction of sp³-hybridized carbons (Fsp3) is 0.238. The van der Waals surface area contributed by atoms with Gasteiger partial charge >= 0.3 is 5.97 Å². The van der Waals surface area contributed by atoms with Crippen LogP contribution in [0.4, 0.5) is 0 Å². The topological polar surface area (TPSA) is 87.3 Å². The normalized spacial score (nSPS) is 10.6. The first-order chi connectivity index (χ1) is 14.1. The fourth-order valence-corrected chi connectivity index (χ4v) is 4.19. The van der Waals surface area contributed by atoms with E-state index in [4.69, 9.17) is 25.5 Å². The Kier molecular flexibility index (Phi) is 6.69. The quantitative estimate of drug-likeness (QED) is 0.278. The second kappa shape index (κ2) is 9.23. The van der Waals surface area contributed by atoms with Gasteiger partial charge in [0.15, 0.2) is 0 Å². The molecule has 3 aromatic heterocycles. The van der Waals surface area contributed by atoms with Gasteiger partial charge in [0.1, 0.15) is 17.5 Å². The van der Waals surface area contributed by atoms with Crippen molar-refractivity contribution in [1.82, 2.24) is 15.2 Å². The van der Waals surface area contributed by atoms with Crippen LogP contribution in [0.5, 0.6) is 5.75 Å². The van der Waals surface area contributed by atoms with Crippen molar-refractivity contribution >= 4 is 39.0 Å². The maximum absolute atomic E-state index is 12.2. The molecule has 30 heavy (non-hydrogen) atoms. The third-order valence-corrected chi connectivity index (χ3v) is 5.47. The Labute approximate surface area is 182 Å². The van der Waals surface area contributed by atoms with Crippen molar-refractivity contribution in [3.8, 4) is 17.2 Å². The molecule has 3 heterocycles. The van der Waals surface area contributed by atoms with Crippen molar-refractivity contribution < 1.29 is 18.7 Å². The molecule has 156 valence electrons. The number of carbonyl (C=O) groups is 1. The van der Waals surface area contributed by atoms with Gasteiger partial charge in [0.05, 0.1) is 16.9 Å². The number of thiophene rings is 1. The van der Waals surface area contributed by atoms with E-state index in [1.54, 1.807) is 13.8 Å². The summed E-state index contributed by atoms with van der Waals surface area (Å²) in [6.45, 7) is 4.05. The Morgan fingerprint density at radius 2 is 2.13 bits per heavy atom. The molecule has 0 radical (unpaired) electrons. The van der Waals surface area contributed by atoms with Crippen molar-refractivity contribution in [2.75, 3.05) is 6.61 Å². The lowest BCUT2D eigenvalue weighted by Gasteiger charge is -2.08. The first-order valence-corrected chi connectivity index (χ1v) is 10.1. The molecule has 0 unspecified atom stereocenters. The number of fused-ring (bicyclic) bond motifs is 1. The molecule has 0 spiro atoms. The molecule has 4 rings (SSSR count). The number of hydrogen-bond donors (Lipinski definition) is 0. The Morgan fingerprint density at radius 3 is 2.87 bits per heavy atom. The third-order valence-electron chi connectivity index (χ3n) is 4.12. The number of aryl methyl sites for hydroxylation is 1. The van der Waals surface area contributed by atoms with E-state index in [1.807, 2.05) is 29.6 Å².